The molecule has 7 heteroatoms. The van der Waals surface area contributed by atoms with Crippen LogP contribution in [0.4, 0.5) is 4.39 Å². The summed E-state index contributed by atoms with van der Waals surface area (Å²) in [6.07, 6.45) is 5.41. The van der Waals surface area contributed by atoms with Crippen molar-refractivity contribution in [3.8, 4) is 0 Å². The molecule has 1 saturated heterocycles. The molecule has 1 fully saturated rings. The van der Waals surface area contributed by atoms with Gasteiger partial charge in [0, 0.05) is 32.0 Å². The summed E-state index contributed by atoms with van der Waals surface area (Å²) in [5.41, 5.74) is 0.492. The zero-order valence-electron chi connectivity index (χ0n) is 13.7. The van der Waals surface area contributed by atoms with Gasteiger partial charge in [-0.05, 0) is 43.4 Å². The Hall–Kier alpha value is -1.73. The molecule has 1 aliphatic rings. The zero-order valence-corrected chi connectivity index (χ0v) is 14.5. The molecule has 0 atom stereocenters. The molecule has 1 aromatic heterocycles. The Balaban J connectivity index is 1.58. The van der Waals surface area contributed by atoms with Gasteiger partial charge in [-0.2, -0.15) is 0 Å². The fraction of sp³-hybridized carbons (Fsp3) is 0.471. The van der Waals surface area contributed by atoms with Crippen LogP contribution >= 0.6 is 0 Å². The topological polar surface area (TPSA) is 55.2 Å². The Labute approximate surface area is 142 Å². The van der Waals surface area contributed by atoms with Crippen LogP contribution in [0.2, 0.25) is 0 Å². The molecule has 3 rings (SSSR count). The predicted molar refractivity (Wildman–Crippen MR) is 90.3 cm³/mol. The molecule has 0 N–H and O–H groups in total. The van der Waals surface area contributed by atoms with Crippen molar-refractivity contribution in [3.05, 3.63) is 53.9 Å². The van der Waals surface area contributed by atoms with Gasteiger partial charge in [-0.1, -0.05) is 12.1 Å². The highest BCUT2D eigenvalue weighted by Crippen LogP contribution is 2.23. The van der Waals surface area contributed by atoms with Crippen LogP contribution in [-0.2, 0) is 22.3 Å². The Morgan fingerprint density at radius 1 is 1.29 bits per heavy atom. The number of halogens is 1. The molecule has 0 spiro atoms. The number of aromatic nitrogens is 2. The zero-order chi connectivity index (χ0) is 17.2. The van der Waals surface area contributed by atoms with Gasteiger partial charge in [-0.25, -0.2) is 22.1 Å². The van der Waals surface area contributed by atoms with E-state index in [4.69, 9.17) is 0 Å². The number of rotatable bonds is 5. The number of nitrogens with zero attached hydrogens (tertiary/aromatic N) is 3. The maximum atomic E-state index is 13.2. The van der Waals surface area contributed by atoms with Gasteiger partial charge >= 0.3 is 0 Å². The fourth-order valence-corrected chi connectivity index (χ4v) is 4.72. The van der Waals surface area contributed by atoms with Gasteiger partial charge in [-0.3, -0.25) is 0 Å². The van der Waals surface area contributed by atoms with Crippen LogP contribution in [0.5, 0.6) is 0 Å². The number of hydrogen-bond acceptors (Lipinski definition) is 3. The molecule has 0 saturated carbocycles. The molecule has 1 aliphatic heterocycles. The lowest BCUT2D eigenvalue weighted by Crippen LogP contribution is -2.39. The van der Waals surface area contributed by atoms with Gasteiger partial charge in [0.05, 0.1) is 5.75 Å². The van der Waals surface area contributed by atoms with Crippen LogP contribution in [0.25, 0.3) is 0 Å². The second-order valence-electron chi connectivity index (χ2n) is 6.36. The van der Waals surface area contributed by atoms with E-state index >= 15 is 0 Å². The summed E-state index contributed by atoms with van der Waals surface area (Å²) in [6, 6.07) is 5.79. The first-order chi connectivity index (χ1) is 11.4. The second kappa shape index (κ2) is 7.03. The smallest absolute Gasteiger partial charge is 0.218 e. The summed E-state index contributed by atoms with van der Waals surface area (Å²) < 4.78 is 41.9. The van der Waals surface area contributed by atoms with Gasteiger partial charge in [0.25, 0.3) is 0 Å². The van der Waals surface area contributed by atoms with E-state index in [1.54, 1.807) is 18.3 Å². The first-order valence-corrected chi connectivity index (χ1v) is 9.75. The molecule has 0 unspecified atom stereocenters. The molecule has 130 valence electrons. The Morgan fingerprint density at radius 3 is 2.67 bits per heavy atom. The number of sulfonamides is 1. The maximum absolute atomic E-state index is 13.2. The van der Waals surface area contributed by atoms with Crippen molar-refractivity contribution in [1.29, 1.82) is 0 Å². The minimum absolute atomic E-state index is 0.143. The third-order valence-corrected chi connectivity index (χ3v) is 6.43. The number of hydrogen-bond donors (Lipinski definition) is 0. The van der Waals surface area contributed by atoms with Crippen molar-refractivity contribution < 1.29 is 12.8 Å². The number of aryl methyl sites for hydroxylation is 1. The molecule has 1 aromatic carbocycles. The van der Waals surface area contributed by atoms with Crippen LogP contribution in [0, 0.1) is 18.7 Å². The fourth-order valence-electron chi connectivity index (χ4n) is 3.17. The molecule has 0 aliphatic carbocycles. The maximum Gasteiger partial charge on any atom is 0.218 e. The van der Waals surface area contributed by atoms with E-state index in [0.29, 0.717) is 24.6 Å². The summed E-state index contributed by atoms with van der Waals surface area (Å²) in [6.45, 7) is 3.90. The van der Waals surface area contributed by atoms with Crippen molar-refractivity contribution >= 4 is 10.0 Å². The normalized spacial score (nSPS) is 17.2. The van der Waals surface area contributed by atoms with Gasteiger partial charge < -0.3 is 4.57 Å². The highest BCUT2D eigenvalue weighted by molar-refractivity contribution is 7.88. The van der Waals surface area contributed by atoms with E-state index < -0.39 is 15.8 Å². The van der Waals surface area contributed by atoms with Crippen LogP contribution in [0.3, 0.4) is 0 Å². The average molecular weight is 351 g/mol. The van der Waals surface area contributed by atoms with Gasteiger partial charge in [-0.15, -0.1) is 0 Å². The Morgan fingerprint density at radius 2 is 2.04 bits per heavy atom. The molecular weight excluding hydrogens is 329 g/mol. The first kappa shape index (κ1) is 17.1. The monoisotopic (exact) mass is 351 g/mol. The van der Waals surface area contributed by atoms with Gasteiger partial charge in [0.15, 0.2) is 0 Å². The quantitative estimate of drug-likeness (QED) is 0.832. The van der Waals surface area contributed by atoms with Crippen molar-refractivity contribution in [1.82, 2.24) is 13.9 Å². The molecule has 0 amide bonds. The average Bonchev–Trinajstić information content (AvgIpc) is 2.92. The standard InChI is InChI=1S/C17H22FN3O2S/c1-14-19-7-10-20(14)12-15-5-8-21(9-6-15)24(22,23)13-16-3-2-4-17(18)11-16/h2-4,7,10-11,15H,5-6,8-9,12-13H2,1H3. The van der Waals surface area contributed by atoms with E-state index in [0.717, 1.165) is 25.2 Å². The summed E-state index contributed by atoms with van der Waals surface area (Å²) in [5, 5.41) is 0. The van der Waals surface area contributed by atoms with Crippen molar-refractivity contribution in [3.63, 3.8) is 0 Å². The van der Waals surface area contributed by atoms with Crippen molar-refractivity contribution in [2.24, 2.45) is 5.92 Å². The van der Waals surface area contributed by atoms with E-state index in [1.165, 1.54) is 16.4 Å². The van der Waals surface area contributed by atoms with Gasteiger partial charge in [0.1, 0.15) is 11.6 Å². The second-order valence-corrected chi connectivity index (χ2v) is 8.32. The largest absolute Gasteiger partial charge is 0.335 e. The third-order valence-electron chi connectivity index (χ3n) is 4.58. The van der Waals surface area contributed by atoms with Crippen LogP contribution in [-0.4, -0.2) is 35.4 Å². The first-order valence-electron chi connectivity index (χ1n) is 8.14. The highest BCUT2D eigenvalue weighted by Gasteiger charge is 2.28. The van der Waals surface area contributed by atoms with Crippen molar-refractivity contribution in [2.45, 2.75) is 32.1 Å². The van der Waals surface area contributed by atoms with Crippen LogP contribution in [0.1, 0.15) is 24.2 Å². The lowest BCUT2D eigenvalue weighted by atomic mass is 9.98. The molecule has 2 aromatic rings. The molecule has 24 heavy (non-hydrogen) atoms. The van der Waals surface area contributed by atoms with E-state index in [1.807, 2.05) is 13.1 Å². The number of piperidine rings is 1. The lowest BCUT2D eigenvalue weighted by Gasteiger charge is -2.31. The Kier molecular flexibility index (Phi) is 5.01. The third kappa shape index (κ3) is 4.02. The Bertz CT molecular complexity index is 796. The van der Waals surface area contributed by atoms with Gasteiger partial charge in [0.2, 0.25) is 10.0 Å². The van der Waals surface area contributed by atoms with Crippen LogP contribution < -0.4 is 0 Å². The summed E-state index contributed by atoms with van der Waals surface area (Å²) >= 11 is 0. The molecular formula is C17H22FN3O2S. The number of benzene rings is 1. The minimum Gasteiger partial charge on any atom is -0.335 e. The van der Waals surface area contributed by atoms with E-state index in [9.17, 15) is 12.8 Å². The molecule has 2 heterocycles. The summed E-state index contributed by atoms with van der Waals surface area (Å²) in [7, 11) is -3.40. The molecule has 5 nitrogen and oxygen atoms in total. The van der Waals surface area contributed by atoms with Crippen molar-refractivity contribution in [2.75, 3.05) is 13.1 Å². The van der Waals surface area contributed by atoms with E-state index in [-0.39, 0.29) is 5.75 Å². The highest BCUT2D eigenvalue weighted by atomic mass is 32.2. The molecule has 0 radical (unpaired) electrons. The number of imidazole rings is 1. The summed E-state index contributed by atoms with van der Waals surface area (Å²) in [4.78, 5) is 4.22. The summed E-state index contributed by atoms with van der Waals surface area (Å²) in [5.74, 6) is 0.891. The molecule has 0 bridgehead atoms. The lowest BCUT2D eigenvalue weighted by molar-refractivity contribution is 0.251. The SMILES string of the molecule is Cc1nccn1CC1CCN(S(=O)(=O)Cc2cccc(F)c2)CC1. The van der Waals surface area contributed by atoms with E-state index in [2.05, 4.69) is 9.55 Å². The predicted octanol–water partition coefficient (Wildman–Crippen LogP) is 2.57. The minimum atomic E-state index is -3.40. The van der Waals surface area contributed by atoms with Crippen LogP contribution in [0.15, 0.2) is 36.7 Å².